The highest BCUT2D eigenvalue weighted by Gasteiger charge is 2.48. The molecule has 1 atom stereocenters. The van der Waals surface area contributed by atoms with E-state index < -0.39 is 11.6 Å². The van der Waals surface area contributed by atoms with Gasteiger partial charge in [-0.25, -0.2) is 4.79 Å². The number of unbranched alkanes of at least 4 members (excludes halogenated alkanes) is 1. The van der Waals surface area contributed by atoms with Gasteiger partial charge in [0.05, 0.1) is 0 Å². The van der Waals surface area contributed by atoms with Gasteiger partial charge in [0.1, 0.15) is 5.54 Å². The van der Waals surface area contributed by atoms with Crippen molar-refractivity contribution >= 4 is 35.0 Å². The number of nitrogens with zero attached hydrogens (tertiary/aromatic N) is 1. The predicted molar refractivity (Wildman–Crippen MR) is 123 cm³/mol. The van der Waals surface area contributed by atoms with Crippen molar-refractivity contribution in [2.24, 2.45) is 0 Å². The van der Waals surface area contributed by atoms with Crippen molar-refractivity contribution in [3.8, 4) is 0 Å². The van der Waals surface area contributed by atoms with Crippen LogP contribution in [0.4, 0.5) is 10.5 Å². The third-order valence-corrected chi connectivity index (χ3v) is 5.46. The molecule has 158 valence electrons. The summed E-state index contributed by atoms with van der Waals surface area (Å²) in [7, 11) is 0. The van der Waals surface area contributed by atoms with E-state index in [0.717, 1.165) is 35.5 Å². The van der Waals surface area contributed by atoms with Gasteiger partial charge in [-0.15, -0.1) is 0 Å². The monoisotopic (exact) mass is 424 g/mol. The lowest BCUT2D eigenvalue weighted by Gasteiger charge is -2.22. The number of benzene rings is 2. The Balaban J connectivity index is 1.56. The SMILES string of the molecule is CCCCc1ccc(NC(=S)NN2C(=O)N[C@](C)(CCc3ccccc3)C2=O)cc1. The maximum atomic E-state index is 12.9. The zero-order valence-corrected chi connectivity index (χ0v) is 18.2. The Bertz CT molecular complexity index is 901. The Morgan fingerprint density at radius 2 is 1.70 bits per heavy atom. The number of anilines is 1. The Morgan fingerprint density at radius 3 is 2.37 bits per heavy atom. The molecule has 0 unspecified atom stereocenters. The molecule has 0 aromatic heterocycles. The van der Waals surface area contributed by atoms with Crippen molar-refractivity contribution in [3.63, 3.8) is 0 Å². The number of carbonyl (C=O) groups excluding carboxylic acids is 2. The standard InChI is InChI=1S/C23H28N4O2S/c1-3-4-8-18-11-13-19(14-12-18)24-21(30)26-27-20(28)23(2,25-22(27)29)16-15-17-9-6-5-7-10-17/h5-7,9-14H,3-4,8,15-16H2,1-2H3,(H,25,29)(H2,24,26,30)/t23-/m1/s1. The van der Waals surface area contributed by atoms with Gasteiger partial charge in [-0.2, -0.15) is 5.01 Å². The van der Waals surface area contributed by atoms with Crippen LogP contribution in [0.1, 0.15) is 44.2 Å². The second kappa shape index (κ2) is 9.71. The van der Waals surface area contributed by atoms with Gasteiger partial charge in [0.25, 0.3) is 5.91 Å². The van der Waals surface area contributed by atoms with Crippen molar-refractivity contribution in [2.75, 3.05) is 5.32 Å². The summed E-state index contributed by atoms with van der Waals surface area (Å²) >= 11 is 5.30. The number of carbonyl (C=O) groups is 2. The van der Waals surface area contributed by atoms with E-state index >= 15 is 0 Å². The van der Waals surface area contributed by atoms with E-state index in [4.69, 9.17) is 12.2 Å². The van der Waals surface area contributed by atoms with Gasteiger partial charge in [-0.1, -0.05) is 55.8 Å². The van der Waals surface area contributed by atoms with Crippen molar-refractivity contribution in [2.45, 2.75) is 51.5 Å². The number of thiocarbonyl (C=S) groups is 1. The van der Waals surface area contributed by atoms with Crippen LogP contribution in [0.25, 0.3) is 0 Å². The van der Waals surface area contributed by atoms with Crippen LogP contribution in [0.5, 0.6) is 0 Å². The topological polar surface area (TPSA) is 73.5 Å². The summed E-state index contributed by atoms with van der Waals surface area (Å²) in [6, 6.07) is 17.4. The molecule has 2 aromatic rings. The first kappa shape index (κ1) is 21.8. The van der Waals surface area contributed by atoms with Crippen molar-refractivity contribution < 1.29 is 9.59 Å². The molecule has 3 amide bonds. The molecular weight excluding hydrogens is 396 g/mol. The summed E-state index contributed by atoms with van der Waals surface area (Å²) in [5.41, 5.74) is 4.93. The van der Waals surface area contributed by atoms with Crippen molar-refractivity contribution in [1.29, 1.82) is 0 Å². The molecule has 1 fully saturated rings. The van der Waals surface area contributed by atoms with Crippen molar-refractivity contribution in [3.05, 3.63) is 65.7 Å². The quantitative estimate of drug-likeness (QED) is 0.438. The van der Waals surface area contributed by atoms with Crippen LogP contribution < -0.4 is 16.1 Å². The Morgan fingerprint density at radius 1 is 1.03 bits per heavy atom. The minimum atomic E-state index is -0.976. The number of nitrogens with one attached hydrogen (secondary N) is 3. The summed E-state index contributed by atoms with van der Waals surface area (Å²) < 4.78 is 0. The summed E-state index contributed by atoms with van der Waals surface area (Å²) in [5, 5.41) is 6.95. The number of urea groups is 1. The molecule has 6 nitrogen and oxygen atoms in total. The largest absolute Gasteiger partial charge is 0.344 e. The highest BCUT2D eigenvalue weighted by Crippen LogP contribution is 2.22. The molecule has 0 aliphatic carbocycles. The van der Waals surface area contributed by atoms with Gasteiger partial charge in [0, 0.05) is 5.69 Å². The van der Waals surface area contributed by atoms with E-state index in [1.165, 1.54) is 5.56 Å². The molecule has 7 heteroatoms. The van der Waals surface area contributed by atoms with Gasteiger partial charge >= 0.3 is 6.03 Å². The number of amides is 3. The third kappa shape index (κ3) is 5.36. The molecule has 0 radical (unpaired) electrons. The lowest BCUT2D eigenvalue weighted by atomic mass is 9.93. The van der Waals surface area contributed by atoms with Crippen LogP contribution in [0.15, 0.2) is 54.6 Å². The number of hydrogen-bond donors (Lipinski definition) is 3. The fourth-order valence-corrected chi connectivity index (χ4v) is 3.60. The predicted octanol–water partition coefficient (Wildman–Crippen LogP) is 4.17. The van der Waals surface area contributed by atoms with E-state index in [9.17, 15) is 9.59 Å². The highest BCUT2D eigenvalue weighted by atomic mass is 32.1. The fraction of sp³-hybridized carbons (Fsp3) is 0.348. The van der Waals surface area contributed by atoms with Gasteiger partial charge in [0.2, 0.25) is 0 Å². The highest BCUT2D eigenvalue weighted by molar-refractivity contribution is 7.80. The zero-order chi connectivity index (χ0) is 21.6. The van der Waals surface area contributed by atoms with Crippen LogP contribution in [-0.2, 0) is 17.6 Å². The van der Waals surface area contributed by atoms with Crippen LogP contribution in [-0.4, -0.2) is 27.6 Å². The molecule has 1 aliphatic heterocycles. The number of aryl methyl sites for hydroxylation is 2. The first-order chi connectivity index (χ1) is 14.4. The van der Waals surface area contributed by atoms with E-state index in [-0.39, 0.29) is 11.0 Å². The minimum Gasteiger partial charge on any atom is -0.331 e. The fourth-order valence-electron chi connectivity index (χ4n) is 3.39. The number of hydrazine groups is 1. The number of hydrogen-bond acceptors (Lipinski definition) is 3. The summed E-state index contributed by atoms with van der Waals surface area (Å²) in [6.45, 7) is 3.91. The molecule has 0 bridgehead atoms. The molecule has 3 N–H and O–H groups in total. The Hall–Kier alpha value is -2.93. The van der Waals surface area contributed by atoms with Crippen LogP contribution >= 0.6 is 12.2 Å². The van der Waals surface area contributed by atoms with E-state index in [0.29, 0.717) is 12.8 Å². The van der Waals surface area contributed by atoms with Gasteiger partial charge < -0.3 is 10.6 Å². The van der Waals surface area contributed by atoms with Crippen LogP contribution in [0.3, 0.4) is 0 Å². The zero-order valence-electron chi connectivity index (χ0n) is 17.4. The first-order valence-corrected chi connectivity index (χ1v) is 10.7. The second-order valence-electron chi connectivity index (χ2n) is 7.75. The lowest BCUT2D eigenvalue weighted by Crippen LogP contribution is -2.50. The molecule has 0 saturated carbocycles. The minimum absolute atomic E-state index is 0.187. The molecule has 2 aromatic carbocycles. The maximum Gasteiger partial charge on any atom is 0.344 e. The molecule has 1 heterocycles. The van der Waals surface area contributed by atoms with E-state index in [1.807, 2.05) is 42.5 Å². The van der Waals surface area contributed by atoms with Crippen LogP contribution in [0.2, 0.25) is 0 Å². The molecule has 1 saturated heterocycles. The molecule has 0 spiro atoms. The summed E-state index contributed by atoms with van der Waals surface area (Å²) in [5.74, 6) is -0.345. The van der Waals surface area contributed by atoms with Gasteiger partial charge in [-0.3, -0.25) is 10.2 Å². The average Bonchev–Trinajstić information content (AvgIpc) is 2.96. The van der Waals surface area contributed by atoms with Crippen molar-refractivity contribution in [1.82, 2.24) is 15.8 Å². The maximum absolute atomic E-state index is 12.9. The first-order valence-electron chi connectivity index (χ1n) is 10.3. The number of rotatable bonds is 8. The third-order valence-electron chi connectivity index (χ3n) is 5.26. The summed E-state index contributed by atoms with van der Waals surface area (Å²) in [6.07, 6.45) is 4.54. The molecule has 1 aliphatic rings. The Kier molecular flexibility index (Phi) is 7.05. The smallest absolute Gasteiger partial charge is 0.331 e. The average molecular weight is 425 g/mol. The normalized spacial score (nSPS) is 18.3. The van der Waals surface area contributed by atoms with E-state index in [1.54, 1.807) is 6.92 Å². The van der Waals surface area contributed by atoms with E-state index in [2.05, 4.69) is 35.1 Å². The summed E-state index contributed by atoms with van der Waals surface area (Å²) in [4.78, 5) is 25.3. The van der Waals surface area contributed by atoms with Gasteiger partial charge in [0.15, 0.2) is 5.11 Å². The second-order valence-corrected chi connectivity index (χ2v) is 8.16. The molecular formula is C23H28N4O2S. The molecule has 3 rings (SSSR count). The van der Waals surface area contributed by atoms with Crippen LogP contribution in [0, 0.1) is 0 Å². The van der Waals surface area contributed by atoms with Gasteiger partial charge in [-0.05, 0) is 68.1 Å². The molecule has 30 heavy (non-hydrogen) atoms. The Labute approximate surface area is 183 Å². The lowest BCUT2D eigenvalue weighted by molar-refractivity contribution is -0.132. The number of imide groups is 1.